The average Bonchev–Trinajstić information content (AvgIpc) is 2.42. The molecule has 0 aromatic rings. The van der Waals surface area contributed by atoms with Crippen LogP contribution in [0.25, 0.3) is 0 Å². The smallest absolute Gasteiger partial charge is 0.0414 e. The minimum atomic E-state index is 0.699. The molecule has 3 atom stereocenters. The fourth-order valence-electron chi connectivity index (χ4n) is 3.11. The van der Waals surface area contributed by atoms with Crippen molar-refractivity contribution in [3.8, 4) is 0 Å². The molecule has 0 aromatic heterocycles. The van der Waals surface area contributed by atoms with Crippen molar-refractivity contribution >= 4 is 0 Å². The van der Waals surface area contributed by atoms with Crippen molar-refractivity contribution < 1.29 is 0 Å². The molecular weight excluding hydrogens is 240 g/mol. The Hall–Kier alpha value is 0. The third-order valence-corrected chi connectivity index (χ3v) is 4.71. The maximum Gasteiger partial charge on any atom is -0.0414 e. The molecule has 0 bridgehead atoms. The predicted octanol–water partition coefficient (Wildman–Crippen LogP) is 7.43. The quantitative estimate of drug-likeness (QED) is 0.290. The maximum atomic E-state index is 4.35. The van der Waals surface area contributed by atoms with Gasteiger partial charge < -0.3 is 0 Å². The highest BCUT2D eigenvalue weighted by Gasteiger charge is 2.07. The Bertz CT molecular complexity index is 184. The molecule has 0 fully saturated rings. The zero-order valence-electron chi connectivity index (χ0n) is 14.9. The molecule has 121 valence electrons. The van der Waals surface area contributed by atoms with Crippen LogP contribution in [0.2, 0.25) is 0 Å². The Balaban J connectivity index is 3.40. The van der Waals surface area contributed by atoms with Gasteiger partial charge in [0.1, 0.15) is 0 Å². The van der Waals surface area contributed by atoms with Crippen molar-refractivity contribution in [3.05, 3.63) is 6.92 Å². The van der Waals surface area contributed by atoms with Gasteiger partial charge in [0.05, 0.1) is 0 Å². The van der Waals surface area contributed by atoms with Gasteiger partial charge in [0, 0.05) is 0 Å². The monoisotopic (exact) mass is 281 g/mol. The summed E-state index contributed by atoms with van der Waals surface area (Å²) in [6.45, 7) is 13.8. The van der Waals surface area contributed by atoms with Crippen LogP contribution in [0.15, 0.2) is 0 Å². The summed E-state index contributed by atoms with van der Waals surface area (Å²) in [6.07, 6.45) is 16.7. The fourth-order valence-corrected chi connectivity index (χ4v) is 3.11. The summed E-state index contributed by atoms with van der Waals surface area (Å²) in [5.74, 6) is 2.54. The van der Waals surface area contributed by atoms with Crippen molar-refractivity contribution in [1.82, 2.24) is 0 Å². The molecule has 3 unspecified atom stereocenters. The number of rotatable bonds is 14. The molecule has 0 aliphatic rings. The van der Waals surface area contributed by atoms with Gasteiger partial charge in [-0.2, -0.15) is 0 Å². The van der Waals surface area contributed by atoms with Gasteiger partial charge in [0.15, 0.2) is 0 Å². The molecule has 1 radical (unpaired) electrons. The van der Waals surface area contributed by atoms with E-state index in [1.165, 1.54) is 77.0 Å². The summed E-state index contributed by atoms with van der Waals surface area (Å²) in [7, 11) is 0. The van der Waals surface area contributed by atoms with E-state index in [9.17, 15) is 0 Å². The van der Waals surface area contributed by atoms with Crippen molar-refractivity contribution in [2.24, 2.45) is 17.8 Å². The Kier molecular flexibility index (Phi) is 14.0. The Morgan fingerprint density at radius 2 is 1.15 bits per heavy atom. The highest BCUT2D eigenvalue weighted by Crippen LogP contribution is 2.22. The van der Waals surface area contributed by atoms with Gasteiger partial charge in [-0.3, -0.25) is 0 Å². The van der Waals surface area contributed by atoms with Gasteiger partial charge in [-0.15, -0.1) is 0 Å². The lowest BCUT2D eigenvalue weighted by Gasteiger charge is -2.15. The summed E-state index contributed by atoms with van der Waals surface area (Å²) in [5.41, 5.74) is 0. The first-order chi connectivity index (χ1) is 9.60. The first-order valence-corrected chi connectivity index (χ1v) is 9.43. The lowest BCUT2D eigenvalue weighted by Crippen LogP contribution is -2.01. The van der Waals surface area contributed by atoms with E-state index in [1.807, 2.05) is 0 Å². The summed E-state index contributed by atoms with van der Waals surface area (Å²) >= 11 is 0. The van der Waals surface area contributed by atoms with E-state index in [1.54, 1.807) is 0 Å². The van der Waals surface area contributed by atoms with Crippen molar-refractivity contribution in [1.29, 1.82) is 0 Å². The standard InChI is InChI=1S/C20H41/c1-6-8-9-13-19(4)14-10-11-15-20(5)17-16-18(3)12-7-2/h18-20H,5-17H2,1-4H3. The average molecular weight is 282 g/mol. The molecule has 0 aromatic carbocycles. The summed E-state index contributed by atoms with van der Waals surface area (Å²) in [4.78, 5) is 0. The van der Waals surface area contributed by atoms with Crippen molar-refractivity contribution in [3.63, 3.8) is 0 Å². The van der Waals surface area contributed by atoms with E-state index < -0.39 is 0 Å². The summed E-state index contributed by atoms with van der Waals surface area (Å²) in [5, 5.41) is 0. The normalized spacial score (nSPS) is 16.1. The molecule has 0 rings (SSSR count). The van der Waals surface area contributed by atoms with Crippen LogP contribution in [0.4, 0.5) is 0 Å². The Labute approximate surface area is 130 Å². The molecule has 0 nitrogen and oxygen atoms in total. The Morgan fingerprint density at radius 3 is 1.75 bits per heavy atom. The molecule has 0 heteroatoms. The molecule has 0 aliphatic heterocycles. The molecule has 0 N–H and O–H groups in total. The Morgan fingerprint density at radius 1 is 0.600 bits per heavy atom. The van der Waals surface area contributed by atoms with Crippen LogP contribution in [-0.2, 0) is 0 Å². The summed E-state index contributed by atoms with van der Waals surface area (Å²) in [6, 6.07) is 0. The van der Waals surface area contributed by atoms with Gasteiger partial charge in [-0.25, -0.2) is 0 Å². The third-order valence-electron chi connectivity index (χ3n) is 4.71. The van der Waals surface area contributed by atoms with E-state index in [0.29, 0.717) is 5.92 Å². The second-order valence-electron chi connectivity index (χ2n) is 7.22. The lowest BCUT2D eigenvalue weighted by molar-refractivity contribution is 0.392. The summed E-state index contributed by atoms with van der Waals surface area (Å²) < 4.78 is 0. The van der Waals surface area contributed by atoms with E-state index in [2.05, 4.69) is 34.6 Å². The van der Waals surface area contributed by atoms with Crippen LogP contribution in [0, 0.1) is 24.7 Å². The molecule has 0 aliphatic carbocycles. The number of unbranched alkanes of at least 4 members (excludes halogenated alkanes) is 3. The van der Waals surface area contributed by atoms with Crippen LogP contribution in [0.5, 0.6) is 0 Å². The van der Waals surface area contributed by atoms with Gasteiger partial charge >= 0.3 is 0 Å². The molecule has 0 heterocycles. The van der Waals surface area contributed by atoms with Crippen LogP contribution < -0.4 is 0 Å². The van der Waals surface area contributed by atoms with Crippen molar-refractivity contribution in [2.75, 3.05) is 0 Å². The fraction of sp³-hybridized carbons (Fsp3) is 0.950. The largest absolute Gasteiger partial charge is 0.0654 e. The maximum absolute atomic E-state index is 4.35. The SMILES string of the molecule is [CH2]C(CCCCC(C)CCCCC)CCC(C)CCC. The van der Waals surface area contributed by atoms with Gasteiger partial charge in [-0.1, -0.05) is 112 Å². The van der Waals surface area contributed by atoms with Crippen molar-refractivity contribution in [2.45, 2.75) is 105 Å². The van der Waals surface area contributed by atoms with Crippen LogP contribution in [0.3, 0.4) is 0 Å². The molecule has 0 spiro atoms. The van der Waals surface area contributed by atoms with E-state index in [-0.39, 0.29) is 0 Å². The van der Waals surface area contributed by atoms with Gasteiger partial charge in [0.25, 0.3) is 0 Å². The molecule has 20 heavy (non-hydrogen) atoms. The zero-order chi connectivity index (χ0) is 15.2. The van der Waals surface area contributed by atoms with Crippen LogP contribution >= 0.6 is 0 Å². The van der Waals surface area contributed by atoms with E-state index >= 15 is 0 Å². The zero-order valence-corrected chi connectivity index (χ0v) is 14.9. The minimum absolute atomic E-state index is 0.699. The number of hydrogen-bond acceptors (Lipinski definition) is 0. The third kappa shape index (κ3) is 13.0. The molecule has 0 amide bonds. The van der Waals surface area contributed by atoms with Gasteiger partial charge in [-0.05, 0) is 17.8 Å². The van der Waals surface area contributed by atoms with E-state index in [4.69, 9.17) is 0 Å². The lowest BCUT2D eigenvalue weighted by atomic mass is 9.91. The molecular formula is C20H41. The second kappa shape index (κ2) is 14.0. The highest BCUT2D eigenvalue weighted by molar-refractivity contribution is 4.65. The molecule has 0 saturated heterocycles. The van der Waals surface area contributed by atoms with Crippen LogP contribution in [0.1, 0.15) is 105 Å². The number of hydrogen-bond donors (Lipinski definition) is 0. The first-order valence-electron chi connectivity index (χ1n) is 9.43. The van der Waals surface area contributed by atoms with E-state index in [0.717, 1.165) is 11.8 Å². The van der Waals surface area contributed by atoms with Crippen LogP contribution in [-0.4, -0.2) is 0 Å². The van der Waals surface area contributed by atoms with Gasteiger partial charge in [0.2, 0.25) is 0 Å². The second-order valence-corrected chi connectivity index (χ2v) is 7.22. The first kappa shape index (κ1) is 20.0. The predicted molar refractivity (Wildman–Crippen MR) is 93.9 cm³/mol. The topological polar surface area (TPSA) is 0 Å². The minimum Gasteiger partial charge on any atom is -0.0654 e. The molecule has 0 saturated carbocycles. The highest BCUT2D eigenvalue weighted by atomic mass is 14.1.